The van der Waals surface area contributed by atoms with Crippen LogP contribution >= 0.6 is 0 Å². The first kappa shape index (κ1) is 34.2. The SMILES string of the molecule is c1ccc(N(c2ccccc2)c2ccc3c(c2)oc2ccc(N(c4ccccc4)c4ccc5oc6cc(N(c7ccccc7)c7ccccc7)ccc6c5c4)cc23)cc1. The van der Waals surface area contributed by atoms with Gasteiger partial charge in [-0.1, -0.05) is 91.0 Å². The molecule has 0 unspecified atom stereocenters. The zero-order chi connectivity index (χ0) is 39.1. The second-order valence-corrected chi connectivity index (χ2v) is 14.6. The number of anilines is 9. The van der Waals surface area contributed by atoms with E-state index in [0.717, 1.165) is 95.1 Å². The summed E-state index contributed by atoms with van der Waals surface area (Å²) in [5.74, 6) is 0. The molecule has 280 valence electrons. The molecular formula is C54H37N3O2. The van der Waals surface area contributed by atoms with Crippen molar-refractivity contribution in [2.75, 3.05) is 14.7 Å². The Balaban J connectivity index is 1.00. The van der Waals surface area contributed by atoms with E-state index in [-0.39, 0.29) is 0 Å². The van der Waals surface area contributed by atoms with Gasteiger partial charge in [-0.05, 0) is 121 Å². The van der Waals surface area contributed by atoms with Crippen molar-refractivity contribution in [2.45, 2.75) is 0 Å². The highest BCUT2D eigenvalue weighted by Gasteiger charge is 2.20. The molecule has 0 aliphatic carbocycles. The highest BCUT2D eigenvalue weighted by molar-refractivity contribution is 6.09. The minimum Gasteiger partial charge on any atom is -0.456 e. The van der Waals surface area contributed by atoms with Gasteiger partial charge in [0.15, 0.2) is 0 Å². The van der Waals surface area contributed by atoms with Crippen LogP contribution in [0.4, 0.5) is 51.2 Å². The number of para-hydroxylation sites is 5. The van der Waals surface area contributed by atoms with Crippen molar-refractivity contribution in [1.29, 1.82) is 0 Å². The summed E-state index contributed by atoms with van der Waals surface area (Å²) < 4.78 is 13.2. The first-order valence-electron chi connectivity index (χ1n) is 19.8. The van der Waals surface area contributed by atoms with Crippen LogP contribution < -0.4 is 14.7 Å². The van der Waals surface area contributed by atoms with Crippen LogP contribution in [0.3, 0.4) is 0 Å². The highest BCUT2D eigenvalue weighted by Crippen LogP contribution is 2.44. The second-order valence-electron chi connectivity index (χ2n) is 14.6. The molecule has 0 bridgehead atoms. The van der Waals surface area contributed by atoms with Gasteiger partial charge in [-0.25, -0.2) is 0 Å². The maximum absolute atomic E-state index is 6.58. The van der Waals surface area contributed by atoms with E-state index >= 15 is 0 Å². The quantitative estimate of drug-likeness (QED) is 0.146. The summed E-state index contributed by atoms with van der Waals surface area (Å²) >= 11 is 0. The average Bonchev–Trinajstić information content (AvgIpc) is 3.85. The minimum absolute atomic E-state index is 0.835. The first-order chi connectivity index (χ1) is 29.2. The molecule has 11 rings (SSSR count). The number of benzene rings is 9. The molecule has 59 heavy (non-hydrogen) atoms. The molecule has 0 aliphatic heterocycles. The number of hydrogen-bond donors (Lipinski definition) is 0. The van der Waals surface area contributed by atoms with Crippen LogP contribution in [0.1, 0.15) is 0 Å². The van der Waals surface area contributed by atoms with Gasteiger partial charge < -0.3 is 23.5 Å². The van der Waals surface area contributed by atoms with Crippen LogP contribution in [0.2, 0.25) is 0 Å². The van der Waals surface area contributed by atoms with Crippen molar-refractivity contribution in [3.8, 4) is 0 Å². The molecule has 5 nitrogen and oxygen atoms in total. The van der Waals surface area contributed by atoms with E-state index < -0.39 is 0 Å². The lowest BCUT2D eigenvalue weighted by molar-refractivity contribution is 0.668. The van der Waals surface area contributed by atoms with Gasteiger partial charge in [-0.3, -0.25) is 0 Å². The number of fused-ring (bicyclic) bond motifs is 6. The second kappa shape index (κ2) is 14.5. The maximum atomic E-state index is 6.58. The van der Waals surface area contributed by atoms with Crippen LogP contribution in [-0.2, 0) is 0 Å². The molecule has 0 saturated heterocycles. The Morgan fingerprint density at radius 3 is 0.797 bits per heavy atom. The summed E-state index contributed by atoms with van der Waals surface area (Å²) in [6, 6.07) is 78.3. The predicted molar refractivity (Wildman–Crippen MR) is 245 cm³/mol. The minimum atomic E-state index is 0.835. The van der Waals surface area contributed by atoms with Crippen molar-refractivity contribution in [1.82, 2.24) is 0 Å². The lowest BCUT2D eigenvalue weighted by Gasteiger charge is -2.25. The summed E-state index contributed by atoms with van der Waals surface area (Å²) in [5.41, 5.74) is 12.8. The van der Waals surface area contributed by atoms with Crippen LogP contribution in [0.15, 0.2) is 233 Å². The molecule has 0 spiro atoms. The van der Waals surface area contributed by atoms with E-state index in [9.17, 15) is 0 Å². The lowest BCUT2D eigenvalue weighted by atomic mass is 10.1. The fourth-order valence-corrected chi connectivity index (χ4v) is 8.29. The molecule has 2 aromatic heterocycles. The Morgan fingerprint density at radius 2 is 0.475 bits per heavy atom. The monoisotopic (exact) mass is 759 g/mol. The maximum Gasteiger partial charge on any atom is 0.137 e. The van der Waals surface area contributed by atoms with Gasteiger partial charge in [-0.15, -0.1) is 0 Å². The number of furan rings is 2. The Hall–Kier alpha value is -8.02. The Morgan fingerprint density at radius 1 is 0.203 bits per heavy atom. The third-order valence-corrected chi connectivity index (χ3v) is 11.0. The van der Waals surface area contributed by atoms with Crippen LogP contribution in [0, 0.1) is 0 Å². The molecular weight excluding hydrogens is 723 g/mol. The molecule has 0 atom stereocenters. The Bertz CT molecular complexity index is 2940. The van der Waals surface area contributed by atoms with Gasteiger partial charge in [0.2, 0.25) is 0 Å². The highest BCUT2D eigenvalue weighted by atomic mass is 16.3. The van der Waals surface area contributed by atoms with E-state index in [0.29, 0.717) is 0 Å². The summed E-state index contributed by atoms with van der Waals surface area (Å²) in [6.45, 7) is 0. The molecule has 0 saturated carbocycles. The molecule has 0 N–H and O–H groups in total. The molecule has 0 fully saturated rings. The number of nitrogens with zero attached hydrogens (tertiary/aromatic N) is 3. The van der Waals surface area contributed by atoms with E-state index in [1.165, 1.54) is 0 Å². The first-order valence-corrected chi connectivity index (χ1v) is 19.8. The molecule has 2 heterocycles. The Kier molecular flexibility index (Phi) is 8.41. The normalized spacial score (nSPS) is 11.4. The zero-order valence-corrected chi connectivity index (χ0v) is 32.0. The number of rotatable bonds is 9. The van der Waals surface area contributed by atoms with E-state index in [4.69, 9.17) is 8.83 Å². The van der Waals surface area contributed by atoms with Crippen LogP contribution in [0.25, 0.3) is 43.9 Å². The van der Waals surface area contributed by atoms with Gasteiger partial charge in [-0.2, -0.15) is 0 Å². The van der Waals surface area contributed by atoms with Crippen molar-refractivity contribution in [2.24, 2.45) is 0 Å². The number of hydrogen-bond acceptors (Lipinski definition) is 5. The summed E-state index contributed by atoms with van der Waals surface area (Å²) in [5, 5.41) is 4.23. The summed E-state index contributed by atoms with van der Waals surface area (Å²) in [6.07, 6.45) is 0. The third-order valence-electron chi connectivity index (χ3n) is 11.0. The van der Waals surface area contributed by atoms with Crippen LogP contribution in [0.5, 0.6) is 0 Å². The summed E-state index contributed by atoms with van der Waals surface area (Å²) in [4.78, 5) is 6.82. The van der Waals surface area contributed by atoms with Gasteiger partial charge in [0.1, 0.15) is 22.3 Å². The van der Waals surface area contributed by atoms with Gasteiger partial charge in [0.25, 0.3) is 0 Å². The fraction of sp³-hybridized carbons (Fsp3) is 0. The van der Waals surface area contributed by atoms with Crippen molar-refractivity contribution < 1.29 is 8.83 Å². The molecule has 0 amide bonds. The van der Waals surface area contributed by atoms with Crippen molar-refractivity contribution >= 4 is 95.1 Å². The van der Waals surface area contributed by atoms with Crippen molar-refractivity contribution in [3.05, 3.63) is 224 Å². The third kappa shape index (κ3) is 6.22. The van der Waals surface area contributed by atoms with E-state index in [1.54, 1.807) is 0 Å². The van der Waals surface area contributed by atoms with Gasteiger partial charge in [0, 0.05) is 84.9 Å². The molecule has 11 aromatic rings. The van der Waals surface area contributed by atoms with Gasteiger partial charge in [0.05, 0.1) is 0 Å². The van der Waals surface area contributed by atoms with E-state index in [2.05, 4.69) is 215 Å². The standard InChI is InChI=1S/C54H37N3O2/c1-6-16-38(17-7-1)55(39-18-8-2-9-19-39)45-26-30-47-49-34-43(28-32-51(49)58-53(47)36-45)57(42-24-14-5-15-25-42)44-29-33-52-50(35-44)48-31-27-46(37-54(48)59-52)56(40-20-10-3-11-21-40)41-22-12-4-13-23-41/h1-37H. The largest absolute Gasteiger partial charge is 0.456 e. The smallest absolute Gasteiger partial charge is 0.137 e. The van der Waals surface area contributed by atoms with Crippen molar-refractivity contribution in [3.63, 3.8) is 0 Å². The summed E-state index contributed by atoms with van der Waals surface area (Å²) in [7, 11) is 0. The average molecular weight is 760 g/mol. The Labute approximate surface area is 341 Å². The fourth-order valence-electron chi connectivity index (χ4n) is 8.29. The molecule has 0 radical (unpaired) electrons. The zero-order valence-electron chi connectivity index (χ0n) is 32.0. The van der Waals surface area contributed by atoms with Crippen LogP contribution in [-0.4, -0.2) is 0 Å². The van der Waals surface area contributed by atoms with Gasteiger partial charge >= 0.3 is 0 Å². The molecule has 9 aromatic carbocycles. The molecule has 5 heteroatoms. The molecule has 0 aliphatic rings. The topological polar surface area (TPSA) is 36.0 Å². The van der Waals surface area contributed by atoms with E-state index in [1.807, 2.05) is 24.3 Å². The lowest BCUT2D eigenvalue weighted by Crippen LogP contribution is -2.09. The predicted octanol–water partition coefficient (Wildman–Crippen LogP) is 15.9.